The van der Waals surface area contributed by atoms with E-state index < -0.39 is 46.1 Å². The molecule has 0 heterocycles. The van der Waals surface area contributed by atoms with Crippen LogP contribution in [0, 0.1) is 11.6 Å². The number of carbonyl (C=O) groups is 2. The molecule has 0 unspecified atom stereocenters. The Morgan fingerprint density at radius 1 is 1.08 bits per heavy atom. The zero-order valence-electron chi connectivity index (χ0n) is 20.2. The van der Waals surface area contributed by atoms with Crippen LogP contribution in [0.4, 0.5) is 14.5 Å². The number of sulfonamides is 1. The smallest absolute Gasteiger partial charge is 0.244 e. The lowest BCUT2D eigenvalue weighted by Gasteiger charge is -2.33. The van der Waals surface area contributed by atoms with Crippen LogP contribution in [0.3, 0.4) is 0 Å². The van der Waals surface area contributed by atoms with Gasteiger partial charge in [-0.1, -0.05) is 49.1 Å². The van der Waals surface area contributed by atoms with E-state index in [2.05, 4.69) is 5.32 Å². The Balaban J connectivity index is 1.89. The number of amides is 2. The highest BCUT2D eigenvalue weighted by molar-refractivity contribution is 7.92. The third kappa shape index (κ3) is 7.16. The first-order chi connectivity index (χ1) is 17.0. The van der Waals surface area contributed by atoms with Gasteiger partial charge in [0, 0.05) is 18.2 Å². The van der Waals surface area contributed by atoms with Crippen molar-refractivity contribution in [3.8, 4) is 0 Å². The Morgan fingerprint density at radius 3 is 2.36 bits per heavy atom. The first-order valence-corrected chi connectivity index (χ1v) is 14.0. The number of nitrogens with zero attached hydrogens (tertiary/aromatic N) is 2. The van der Waals surface area contributed by atoms with Gasteiger partial charge in [-0.05, 0) is 44.0 Å². The predicted octanol–water partition coefficient (Wildman–Crippen LogP) is 4.25. The molecule has 2 amide bonds. The first-order valence-electron chi connectivity index (χ1n) is 11.7. The van der Waals surface area contributed by atoms with E-state index >= 15 is 0 Å². The lowest BCUT2D eigenvalue weighted by Crippen LogP contribution is -2.53. The number of benzene rings is 2. The third-order valence-corrected chi connectivity index (χ3v) is 7.72. The lowest BCUT2D eigenvalue weighted by molar-refractivity contribution is -0.139. The zero-order chi connectivity index (χ0) is 26.5. The summed E-state index contributed by atoms with van der Waals surface area (Å²) in [4.78, 5) is 27.7. The van der Waals surface area contributed by atoms with Crippen molar-refractivity contribution in [1.82, 2.24) is 10.2 Å². The number of nitrogens with one attached hydrogen (secondary N) is 1. The van der Waals surface area contributed by atoms with Gasteiger partial charge in [0.15, 0.2) is 0 Å². The van der Waals surface area contributed by atoms with Crippen LogP contribution in [0.2, 0.25) is 5.02 Å². The summed E-state index contributed by atoms with van der Waals surface area (Å²) in [5, 5.41) is 2.66. The molecule has 1 saturated carbocycles. The number of halogens is 3. The highest BCUT2D eigenvalue weighted by Crippen LogP contribution is 2.25. The molecule has 7 nitrogen and oxygen atoms in total. The molecule has 36 heavy (non-hydrogen) atoms. The van der Waals surface area contributed by atoms with Gasteiger partial charge >= 0.3 is 0 Å². The fraction of sp³-hybridized carbons (Fsp3) is 0.440. The van der Waals surface area contributed by atoms with Crippen molar-refractivity contribution in [2.75, 3.05) is 17.1 Å². The molecule has 11 heteroatoms. The fourth-order valence-electron chi connectivity index (χ4n) is 4.22. The van der Waals surface area contributed by atoms with Gasteiger partial charge in [-0.25, -0.2) is 17.2 Å². The molecule has 0 aromatic heterocycles. The van der Waals surface area contributed by atoms with Crippen molar-refractivity contribution in [2.45, 2.75) is 57.7 Å². The molecule has 1 fully saturated rings. The van der Waals surface area contributed by atoms with Crippen molar-refractivity contribution < 1.29 is 26.8 Å². The predicted molar refractivity (Wildman–Crippen MR) is 135 cm³/mol. The maximum absolute atomic E-state index is 14.5. The molecule has 1 atom stereocenters. The van der Waals surface area contributed by atoms with Crippen LogP contribution in [-0.2, 0) is 26.2 Å². The molecule has 1 N–H and O–H groups in total. The molecule has 3 rings (SSSR count). The van der Waals surface area contributed by atoms with E-state index in [4.69, 9.17) is 11.6 Å². The van der Waals surface area contributed by atoms with Crippen LogP contribution >= 0.6 is 11.6 Å². The Kier molecular flexibility index (Phi) is 9.30. The summed E-state index contributed by atoms with van der Waals surface area (Å²) in [6.45, 7) is 0.597. The second kappa shape index (κ2) is 12.0. The molecule has 0 radical (unpaired) electrons. The molecule has 2 aromatic rings. The Labute approximate surface area is 215 Å². The summed E-state index contributed by atoms with van der Waals surface area (Å²) in [6.07, 6.45) is 5.69. The summed E-state index contributed by atoms with van der Waals surface area (Å²) in [6, 6.07) is 8.14. The zero-order valence-corrected chi connectivity index (χ0v) is 21.8. The molecular weight excluding hydrogens is 512 g/mol. The molecule has 0 aliphatic heterocycles. The Morgan fingerprint density at radius 2 is 1.75 bits per heavy atom. The van der Waals surface area contributed by atoms with Crippen LogP contribution in [0.25, 0.3) is 0 Å². The van der Waals surface area contributed by atoms with E-state index in [1.807, 2.05) is 0 Å². The molecule has 196 valence electrons. The van der Waals surface area contributed by atoms with Gasteiger partial charge in [0.1, 0.15) is 24.2 Å². The highest BCUT2D eigenvalue weighted by Gasteiger charge is 2.31. The van der Waals surface area contributed by atoms with Gasteiger partial charge in [-0.3, -0.25) is 13.9 Å². The molecule has 1 aliphatic rings. The van der Waals surface area contributed by atoms with E-state index in [9.17, 15) is 26.8 Å². The standard InChI is InChI=1S/C25H30ClF2N3O4S/c1-17(25(33)29-19-9-4-3-5-10-19)30(15-18-8-6-7-11-22(18)27)24(32)16-31(36(2,34)35)20-12-13-23(28)21(26)14-20/h6-8,11-14,17,19H,3-5,9-10,15-16H2,1-2H3,(H,29,33)/t17-/m0/s1. The summed E-state index contributed by atoms with van der Waals surface area (Å²) >= 11 is 5.83. The van der Waals surface area contributed by atoms with Gasteiger partial charge < -0.3 is 10.2 Å². The van der Waals surface area contributed by atoms with Gasteiger partial charge in [0.05, 0.1) is 17.0 Å². The summed E-state index contributed by atoms with van der Waals surface area (Å²) in [5.41, 5.74) is 0.168. The second-order valence-electron chi connectivity index (χ2n) is 9.00. The highest BCUT2D eigenvalue weighted by atomic mass is 35.5. The molecule has 1 aliphatic carbocycles. The normalized spacial score (nSPS) is 15.2. The van der Waals surface area contributed by atoms with Gasteiger partial charge in [-0.2, -0.15) is 0 Å². The van der Waals surface area contributed by atoms with E-state index in [1.165, 1.54) is 31.2 Å². The number of anilines is 1. The number of hydrogen-bond donors (Lipinski definition) is 1. The quantitative estimate of drug-likeness (QED) is 0.514. The average molecular weight is 542 g/mol. The molecule has 0 saturated heterocycles. The molecule has 0 spiro atoms. The fourth-order valence-corrected chi connectivity index (χ4v) is 5.23. The van der Waals surface area contributed by atoms with Crippen molar-refractivity contribution in [1.29, 1.82) is 0 Å². The number of carbonyl (C=O) groups excluding carboxylic acids is 2. The SMILES string of the molecule is C[C@@H](C(=O)NC1CCCCC1)N(Cc1ccccc1F)C(=O)CN(c1ccc(F)c(Cl)c1)S(C)(=O)=O. The van der Waals surface area contributed by atoms with Gasteiger partial charge in [0.2, 0.25) is 21.8 Å². The van der Waals surface area contributed by atoms with Crippen LogP contribution < -0.4 is 9.62 Å². The van der Waals surface area contributed by atoms with Crippen LogP contribution in [0.15, 0.2) is 42.5 Å². The monoisotopic (exact) mass is 541 g/mol. The number of rotatable bonds is 9. The van der Waals surface area contributed by atoms with Crippen LogP contribution in [0.1, 0.15) is 44.6 Å². The van der Waals surface area contributed by atoms with E-state index in [-0.39, 0.29) is 28.9 Å². The van der Waals surface area contributed by atoms with E-state index in [1.54, 1.807) is 6.07 Å². The van der Waals surface area contributed by atoms with Crippen LogP contribution in [0.5, 0.6) is 0 Å². The molecule has 0 bridgehead atoms. The average Bonchev–Trinajstić information content (AvgIpc) is 2.83. The van der Waals surface area contributed by atoms with Gasteiger partial charge in [-0.15, -0.1) is 0 Å². The third-order valence-electron chi connectivity index (χ3n) is 6.29. The topological polar surface area (TPSA) is 86.8 Å². The summed E-state index contributed by atoms with van der Waals surface area (Å²) in [7, 11) is -4.00. The summed E-state index contributed by atoms with van der Waals surface area (Å²) in [5.74, 6) is -2.42. The second-order valence-corrected chi connectivity index (χ2v) is 11.3. The van der Waals surface area contributed by atoms with Crippen LogP contribution in [-0.4, -0.2) is 50.0 Å². The largest absolute Gasteiger partial charge is 0.352 e. The van der Waals surface area contributed by atoms with Crippen molar-refractivity contribution in [3.63, 3.8) is 0 Å². The van der Waals surface area contributed by atoms with Crippen molar-refractivity contribution in [3.05, 3.63) is 64.7 Å². The maximum atomic E-state index is 14.5. The maximum Gasteiger partial charge on any atom is 0.244 e. The molecular formula is C25H30ClF2N3O4S. The van der Waals surface area contributed by atoms with E-state index in [0.29, 0.717) is 0 Å². The minimum Gasteiger partial charge on any atom is -0.352 e. The first kappa shape index (κ1) is 27.9. The number of hydrogen-bond acceptors (Lipinski definition) is 4. The minimum absolute atomic E-state index is 0.00649. The van der Waals surface area contributed by atoms with E-state index in [0.717, 1.165) is 59.7 Å². The Bertz CT molecular complexity index is 1210. The van der Waals surface area contributed by atoms with Gasteiger partial charge in [0.25, 0.3) is 0 Å². The lowest BCUT2D eigenvalue weighted by atomic mass is 9.95. The summed E-state index contributed by atoms with van der Waals surface area (Å²) < 4.78 is 54.0. The van der Waals surface area contributed by atoms with Crippen molar-refractivity contribution in [2.24, 2.45) is 0 Å². The van der Waals surface area contributed by atoms with Crippen molar-refractivity contribution >= 4 is 39.1 Å². The Hall–Kier alpha value is -2.72. The molecule has 2 aromatic carbocycles. The minimum atomic E-state index is -4.00.